The van der Waals surface area contributed by atoms with Gasteiger partial charge in [-0.25, -0.2) is 4.79 Å². The molecule has 0 radical (unpaired) electrons. The Balaban J connectivity index is 0.000000845. The highest BCUT2D eigenvalue weighted by Gasteiger charge is 1.97. The number of H-pyrrole nitrogens is 2. The van der Waals surface area contributed by atoms with Gasteiger partial charge < -0.3 is 15.3 Å². The van der Waals surface area contributed by atoms with Gasteiger partial charge in [0.15, 0.2) is 0 Å². The molecule has 66 valence electrons. The Bertz CT molecular complexity index is 463. The minimum Gasteiger partial charge on any atom is -0.388 e. The van der Waals surface area contributed by atoms with Crippen LogP contribution in [0.15, 0.2) is 23.0 Å². The Kier molecular flexibility index (Phi) is 1.40. The summed E-state index contributed by atoms with van der Waals surface area (Å²) in [7, 11) is 1.84. The van der Waals surface area contributed by atoms with Gasteiger partial charge in [0, 0.05) is 15.6 Å². The smallest absolute Gasteiger partial charge is 0.323 e. The van der Waals surface area contributed by atoms with Crippen LogP contribution in [-0.4, -0.2) is 17.0 Å². The first-order valence-corrected chi connectivity index (χ1v) is 3.69. The van der Waals surface area contributed by atoms with Crippen LogP contribution in [0.3, 0.4) is 0 Å². The summed E-state index contributed by atoms with van der Waals surface area (Å²) in [6.45, 7) is 0. The van der Waals surface area contributed by atoms with Gasteiger partial charge in [-0.2, -0.15) is 0 Å². The summed E-state index contributed by atoms with van der Waals surface area (Å²) in [5.41, 5.74) is 2.47. The van der Waals surface area contributed by atoms with Crippen LogP contribution >= 0.6 is 0 Å². The third-order valence-electron chi connectivity index (χ3n) is 1.80. The number of imidazole rings is 1. The predicted molar refractivity (Wildman–Crippen MR) is 52.7 cm³/mol. The summed E-state index contributed by atoms with van der Waals surface area (Å²) in [6.07, 6.45) is 0. The van der Waals surface area contributed by atoms with E-state index in [0.717, 1.165) is 16.7 Å². The van der Waals surface area contributed by atoms with Crippen molar-refractivity contribution in [3.05, 3.63) is 28.7 Å². The lowest BCUT2D eigenvalue weighted by Gasteiger charge is -1.97. The minimum absolute atomic E-state index is 0. The van der Waals surface area contributed by atoms with Crippen LogP contribution in [0.25, 0.3) is 11.0 Å². The number of hydrogen-bond acceptors (Lipinski definition) is 2. The maximum atomic E-state index is 10.9. The largest absolute Gasteiger partial charge is 0.388 e. The Hall–Kier alpha value is -1.71. The van der Waals surface area contributed by atoms with Crippen LogP contribution in [-0.2, 0) is 0 Å². The highest BCUT2D eigenvalue weighted by molar-refractivity contribution is 5.78. The van der Waals surface area contributed by atoms with E-state index < -0.39 is 0 Å². The van der Waals surface area contributed by atoms with Gasteiger partial charge in [0.05, 0.1) is 11.0 Å². The summed E-state index contributed by atoms with van der Waals surface area (Å²) in [6, 6.07) is 5.65. The monoisotopic (exact) mass is 167 g/mol. The number of aromatic nitrogens is 2. The molecule has 0 atom stereocenters. The van der Waals surface area contributed by atoms with Crippen molar-refractivity contribution in [3.8, 4) is 0 Å². The standard InChI is InChI=1S/C8H9N3O.2H2/c1-9-5-2-3-6-7(4-5)11-8(12)10-6;;/h2-4,9H,1H3,(H2,10,11,12);2*1H. The first-order valence-electron chi connectivity index (χ1n) is 3.69. The molecule has 0 saturated heterocycles. The second-order valence-electron chi connectivity index (χ2n) is 2.59. The van der Waals surface area contributed by atoms with Gasteiger partial charge in [-0.05, 0) is 18.2 Å². The number of nitrogens with one attached hydrogen (secondary N) is 3. The van der Waals surface area contributed by atoms with Gasteiger partial charge in [0.1, 0.15) is 0 Å². The normalized spacial score (nSPS) is 10.4. The molecular weight excluding hydrogens is 154 g/mol. The molecule has 0 bridgehead atoms. The SMILES string of the molecule is CNc1ccc2[nH]c(=O)[nH]c2c1.[HH].[HH]. The number of anilines is 1. The number of aromatic amines is 2. The fourth-order valence-corrected chi connectivity index (χ4v) is 1.19. The second-order valence-corrected chi connectivity index (χ2v) is 2.59. The van der Waals surface area contributed by atoms with Gasteiger partial charge in [-0.3, -0.25) is 0 Å². The molecule has 0 aliphatic heterocycles. The zero-order chi connectivity index (χ0) is 8.55. The first-order chi connectivity index (χ1) is 5.79. The molecule has 0 unspecified atom stereocenters. The molecule has 0 aliphatic carbocycles. The van der Waals surface area contributed by atoms with Crippen molar-refractivity contribution in [2.75, 3.05) is 12.4 Å². The Morgan fingerprint density at radius 3 is 2.83 bits per heavy atom. The zero-order valence-electron chi connectivity index (χ0n) is 6.64. The second kappa shape index (κ2) is 2.41. The molecule has 0 fully saturated rings. The molecule has 4 heteroatoms. The van der Waals surface area contributed by atoms with Gasteiger partial charge in [0.25, 0.3) is 0 Å². The Morgan fingerprint density at radius 1 is 1.33 bits per heavy atom. The lowest BCUT2D eigenvalue weighted by Crippen LogP contribution is -1.99. The highest BCUT2D eigenvalue weighted by atomic mass is 16.1. The van der Waals surface area contributed by atoms with Crippen LogP contribution in [0.2, 0.25) is 0 Å². The molecule has 0 saturated carbocycles. The quantitative estimate of drug-likeness (QED) is 0.601. The third-order valence-corrected chi connectivity index (χ3v) is 1.80. The lowest BCUT2D eigenvalue weighted by molar-refractivity contribution is 1.21. The first kappa shape index (κ1) is 6.97. The van der Waals surface area contributed by atoms with E-state index in [9.17, 15) is 4.79 Å². The van der Waals surface area contributed by atoms with E-state index in [2.05, 4.69) is 15.3 Å². The van der Waals surface area contributed by atoms with Crippen molar-refractivity contribution in [1.82, 2.24) is 9.97 Å². The van der Waals surface area contributed by atoms with Gasteiger partial charge in [-0.1, -0.05) is 0 Å². The van der Waals surface area contributed by atoms with Crippen LogP contribution < -0.4 is 11.0 Å². The van der Waals surface area contributed by atoms with Crippen molar-refractivity contribution < 1.29 is 2.85 Å². The average molecular weight is 167 g/mol. The molecular formula is C8H13N3O. The fourth-order valence-electron chi connectivity index (χ4n) is 1.19. The van der Waals surface area contributed by atoms with Crippen molar-refractivity contribution in [2.45, 2.75) is 0 Å². The maximum Gasteiger partial charge on any atom is 0.323 e. The van der Waals surface area contributed by atoms with E-state index >= 15 is 0 Å². The van der Waals surface area contributed by atoms with E-state index in [1.165, 1.54) is 0 Å². The Morgan fingerprint density at radius 2 is 2.08 bits per heavy atom. The summed E-state index contributed by atoms with van der Waals surface area (Å²) < 4.78 is 0. The van der Waals surface area contributed by atoms with Crippen molar-refractivity contribution >= 4 is 16.7 Å². The van der Waals surface area contributed by atoms with E-state index in [1.807, 2.05) is 25.2 Å². The molecule has 1 heterocycles. The van der Waals surface area contributed by atoms with Crippen molar-refractivity contribution in [2.24, 2.45) is 0 Å². The number of hydrogen-bond donors (Lipinski definition) is 3. The van der Waals surface area contributed by atoms with Crippen LogP contribution in [0.1, 0.15) is 2.85 Å². The van der Waals surface area contributed by atoms with E-state index in [0.29, 0.717) is 0 Å². The van der Waals surface area contributed by atoms with Gasteiger partial charge >= 0.3 is 5.69 Å². The van der Waals surface area contributed by atoms with E-state index in [4.69, 9.17) is 0 Å². The molecule has 0 aliphatic rings. The summed E-state index contributed by atoms with van der Waals surface area (Å²) in [5, 5.41) is 2.99. The fraction of sp³-hybridized carbons (Fsp3) is 0.125. The average Bonchev–Trinajstić information content (AvgIpc) is 2.43. The molecule has 1 aromatic heterocycles. The van der Waals surface area contributed by atoms with Gasteiger partial charge in [-0.15, -0.1) is 0 Å². The van der Waals surface area contributed by atoms with Gasteiger partial charge in [0.2, 0.25) is 0 Å². The molecule has 2 aromatic rings. The van der Waals surface area contributed by atoms with E-state index in [1.54, 1.807) is 0 Å². The Labute approximate surface area is 71.6 Å². The maximum absolute atomic E-state index is 10.9. The topological polar surface area (TPSA) is 60.7 Å². The van der Waals surface area contributed by atoms with Crippen molar-refractivity contribution in [3.63, 3.8) is 0 Å². The molecule has 0 spiro atoms. The summed E-state index contributed by atoms with van der Waals surface area (Å²) in [5.74, 6) is 0. The summed E-state index contributed by atoms with van der Waals surface area (Å²) >= 11 is 0. The molecule has 2 rings (SSSR count). The van der Waals surface area contributed by atoms with E-state index in [-0.39, 0.29) is 8.54 Å². The number of benzene rings is 1. The predicted octanol–water partition coefficient (Wildman–Crippen LogP) is 1.39. The highest BCUT2D eigenvalue weighted by Crippen LogP contribution is 2.13. The molecule has 12 heavy (non-hydrogen) atoms. The lowest BCUT2D eigenvalue weighted by atomic mass is 10.3. The number of fused-ring (bicyclic) bond motifs is 1. The molecule has 0 amide bonds. The van der Waals surface area contributed by atoms with Crippen LogP contribution in [0.4, 0.5) is 5.69 Å². The minimum atomic E-state index is -0.168. The number of rotatable bonds is 1. The third kappa shape index (κ3) is 0.972. The van der Waals surface area contributed by atoms with Crippen molar-refractivity contribution in [1.29, 1.82) is 0 Å². The molecule has 3 N–H and O–H groups in total. The summed E-state index contributed by atoms with van der Waals surface area (Å²) in [4.78, 5) is 16.2. The van der Waals surface area contributed by atoms with Crippen LogP contribution in [0.5, 0.6) is 0 Å². The van der Waals surface area contributed by atoms with Crippen LogP contribution in [0, 0.1) is 0 Å². The molecule has 1 aromatic carbocycles. The zero-order valence-corrected chi connectivity index (χ0v) is 6.64. The molecule has 4 nitrogen and oxygen atoms in total.